The normalized spacial score (nSPS) is 25.8. The number of nitrogens with one attached hydrogen (secondary N) is 2. The second-order valence-electron chi connectivity index (χ2n) is 9.30. The molecule has 2 aromatic carbocycles. The number of para-hydroxylation sites is 1. The summed E-state index contributed by atoms with van der Waals surface area (Å²) < 4.78 is 0. The van der Waals surface area contributed by atoms with Crippen molar-refractivity contribution in [2.75, 3.05) is 37.6 Å². The number of amides is 3. The van der Waals surface area contributed by atoms with Crippen LogP contribution >= 0.6 is 11.6 Å². The van der Waals surface area contributed by atoms with E-state index in [-0.39, 0.29) is 36.7 Å². The van der Waals surface area contributed by atoms with E-state index in [9.17, 15) is 9.59 Å². The average molecular weight is 494 g/mol. The van der Waals surface area contributed by atoms with Gasteiger partial charge in [0.25, 0.3) is 0 Å². The number of hydrazine groups is 2. The third-order valence-corrected chi connectivity index (χ3v) is 7.50. The summed E-state index contributed by atoms with van der Waals surface area (Å²) in [5.74, 6) is -0.0390. The lowest BCUT2D eigenvalue weighted by Gasteiger charge is -2.36. The fraction of sp³-hybridized carbons (Fsp3) is 0.360. The van der Waals surface area contributed by atoms with Crippen LogP contribution in [-0.2, 0) is 4.79 Å². The van der Waals surface area contributed by atoms with Gasteiger partial charge >= 0.3 is 6.03 Å². The van der Waals surface area contributed by atoms with Gasteiger partial charge in [-0.1, -0.05) is 41.9 Å². The van der Waals surface area contributed by atoms with Crippen molar-refractivity contribution in [1.82, 2.24) is 30.7 Å². The highest BCUT2D eigenvalue weighted by Crippen LogP contribution is 2.35. The van der Waals surface area contributed by atoms with Gasteiger partial charge in [-0.25, -0.2) is 20.7 Å². The fourth-order valence-corrected chi connectivity index (χ4v) is 5.46. The number of hydrogen-bond donors (Lipinski definition) is 2. The van der Waals surface area contributed by atoms with Crippen LogP contribution in [0.25, 0.3) is 0 Å². The first-order chi connectivity index (χ1) is 17.1. The first-order valence-electron chi connectivity index (χ1n) is 12.0. The number of nitrogens with zero attached hydrogens (tertiary/aromatic N) is 5. The Morgan fingerprint density at radius 3 is 2.43 bits per heavy atom. The van der Waals surface area contributed by atoms with E-state index in [0.717, 1.165) is 25.1 Å². The van der Waals surface area contributed by atoms with Crippen LogP contribution in [0.2, 0.25) is 5.02 Å². The van der Waals surface area contributed by atoms with Crippen LogP contribution in [0.3, 0.4) is 0 Å². The number of fused-ring (bicyclic) bond motifs is 3. The van der Waals surface area contributed by atoms with Crippen molar-refractivity contribution in [1.29, 1.82) is 0 Å². The molecule has 4 aliphatic heterocycles. The van der Waals surface area contributed by atoms with Gasteiger partial charge in [0.1, 0.15) is 12.7 Å². The second-order valence-corrected chi connectivity index (χ2v) is 9.73. The minimum absolute atomic E-state index is 0.0196. The maximum absolute atomic E-state index is 13.1. The molecule has 10 heteroatoms. The minimum atomic E-state index is -0.236. The van der Waals surface area contributed by atoms with Gasteiger partial charge in [-0.15, -0.1) is 0 Å². The van der Waals surface area contributed by atoms with Gasteiger partial charge in [0.15, 0.2) is 0 Å². The predicted octanol–water partition coefficient (Wildman–Crippen LogP) is 2.36. The molecule has 2 N–H and O–H groups in total. The lowest BCUT2D eigenvalue weighted by atomic mass is 10.00. The number of piperazine rings is 1. The zero-order chi connectivity index (χ0) is 23.9. The summed E-state index contributed by atoms with van der Waals surface area (Å²) >= 11 is 6.04. The topological polar surface area (TPSA) is 74.4 Å². The van der Waals surface area contributed by atoms with Crippen molar-refractivity contribution in [3.63, 3.8) is 0 Å². The molecule has 0 spiro atoms. The standard InChI is InChI=1S/C25H28ClN7O2/c26-19-8-6-18(7-9-19)21-16-22-24-28-33(25(35)31(24)14-15-32(22)27-21)17-23(34)30-12-10-29(11-13-30)20-4-2-1-3-5-20/h1-9,14-15,21-22,24,27-28H,10-13,16-17H2. The van der Waals surface area contributed by atoms with Gasteiger partial charge in [0, 0.05) is 49.3 Å². The number of urea groups is 1. The van der Waals surface area contributed by atoms with E-state index in [4.69, 9.17) is 11.6 Å². The van der Waals surface area contributed by atoms with E-state index in [0.29, 0.717) is 18.1 Å². The predicted molar refractivity (Wildman–Crippen MR) is 133 cm³/mol. The van der Waals surface area contributed by atoms with E-state index in [2.05, 4.69) is 32.9 Å². The Labute approximate surface area is 209 Å². The Morgan fingerprint density at radius 2 is 1.69 bits per heavy atom. The maximum atomic E-state index is 13.1. The summed E-state index contributed by atoms with van der Waals surface area (Å²) in [5.41, 5.74) is 9.13. The lowest BCUT2D eigenvalue weighted by Crippen LogP contribution is -2.55. The molecular formula is C25H28ClN7O2. The molecule has 2 aromatic rings. The van der Waals surface area contributed by atoms with Crippen LogP contribution in [0, 0.1) is 0 Å². The van der Waals surface area contributed by atoms with Crippen molar-refractivity contribution < 1.29 is 9.59 Å². The van der Waals surface area contributed by atoms with Crippen LogP contribution in [-0.4, -0.2) is 76.7 Å². The summed E-state index contributed by atoms with van der Waals surface area (Å²) in [6.45, 7) is 2.87. The van der Waals surface area contributed by atoms with Gasteiger partial charge in [0.2, 0.25) is 5.91 Å². The minimum Gasteiger partial charge on any atom is -0.368 e. The molecule has 0 aliphatic carbocycles. The number of carbonyl (C=O) groups is 2. The van der Waals surface area contributed by atoms with Crippen molar-refractivity contribution in [2.24, 2.45) is 0 Å². The Hall–Kier alpha value is -3.27. The van der Waals surface area contributed by atoms with Crippen molar-refractivity contribution in [3.05, 3.63) is 77.6 Å². The molecule has 9 nitrogen and oxygen atoms in total. The van der Waals surface area contributed by atoms with Gasteiger partial charge in [-0.2, -0.15) is 0 Å². The van der Waals surface area contributed by atoms with Crippen LogP contribution in [0.1, 0.15) is 18.0 Å². The smallest absolute Gasteiger partial charge is 0.340 e. The Kier molecular flexibility index (Phi) is 5.75. The molecule has 4 heterocycles. The highest BCUT2D eigenvalue weighted by atomic mass is 35.5. The van der Waals surface area contributed by atoms with Gasteiger partial charge in [-0.05, 0) is 36.2 Å². The first kappa shape index (κ1) is 22.2. The second kappa shape index (κ2) is 9.07. The Morgan fingerprint density at radius 1 is 0.943 bits per heavy atom. The SMILES string of the molecule is O=C(CN1NC2C3CC(c4ccc(Cl)cc4)NN3C=CN2C1=O)N1CCN(c2ccccc2)CC1. The van der Waals surface area contributed by atoms with Crippen LogP contribution in [0.15, 0.2) is 67.0 Å². The molecule has 4 aliphatic rings. The van der Waals surface area contributed by atoms with E-state index >= 15 is 0 Å². The molecule has 0 aromatic heterocycles. The summed E-state index contributed by atoms with van der Waals surface area (Å²) in [4.78, 5) is 31.9. The van der Waals surface area contributed by atoms with Crippen LogP contribution in [0.4, 0.5) is 10.5 Å². The summed E-state index contributed by atoms with van der Waals surface area (Å²) in [7, 11) is 0. The highest BCUT2D eigenvalue weighted by Gasteiger charge is 2.48. The van der Waals surface area contributed by atoms with Gasteiger partial charge in [-0.3, -0.25) is 9.69 Å². The molecular weight excluding hydrogens is 466 g/mol. The number of hydrogen-bond acceptors (Lipinski definition) is 6. The first-order valence-corrected chi connectivity index (χ1v) is 12.4. The van der Waals surface area contributed by atoms with Crippen molar-refractivity contribution in [3.8, 4) is 0 Å². The molecule has 6 rings (SSSR count). The molecule has 182 valence electrons. The third kappa shape index (κ3) is 4.20. The molecule has 0 saturated carbocycles. The average Bonchev–Trinajstić information content (AvgIpc) is 3.46. The van der Waals surface area contributed by atoms with Crippen molar-refractivity contribution in [2.45, 2.75) is 24.7 Å². The number of anilines is 1. The molecule has 3 atom stereocenters. The molecule has 0 radical (unpaired) electrons. The van der Waals surface area contributed by atoms with Crippen LogP contribution in [0.5, 0.6) is 0 Å². The molecule has 3 amide bonds. The van der Waals surface area contributed by atoms with E-state index in [1.807, 2.05) is 53.6 Å². The number of halogens is 1. The molecule has 3 saturated heterocycles. The fourth-order valence-electron chi connectivity index (χ4n) is 5.33. The molecule has 3 fully saturated rings. The van der Waals surface area contributed by atoms with Gasteiger partial charge < -0.3 is 14.8 Å². The largest absolute Gasteiger partial charge is 0.368 e. The zero-order valence-corrected chi connectivity index (χ0v) is 20.0. The summed E-state index contributed by atoms with van der Waals surface area (Å²) in [6.07, 6.45) is 4.25. The Balaban J connectivity index is 1.07. The van der Waals surface area contributed by atoms with Gasteiger partial charge in [0.05, 0.1) is 12.1 Å². The molecule has 35 heavy (non-hydrogen) atoms. The Bertz CT molecular complexity index is 1120. The number of rotatable bonds is 4. The van der Waals surface area contributed by atoms with Crippen molar-refractivity contribution >= 4 is 29.2 Å². The number of benzene rings is 2. The monoisotopic (exact) mass is 493 g/mol. The highest BCUT2D eigenvalue weighted by molar-refractivity contribution is 6.30. The lowest BCUT2D eigenvalue weighted by molar-refractivity contribution is -0.132. The van der Waals surface area contributed by atoms with E-state index < -0.39 is 0 Å². The maximum Gasteiger partial charge on any atom is 0.340 e. The zero-order valence-electron chi connectivity index (χ0n) is 19.3. The number of carbonyl (C=O) groups excluding carboxylic acids is 2. The summed E-state index contributed by atoms with van der Waals surface area (Å²) in [5, 5.41) is 4.22. The van der Waals surface area contributed by atoms with E-state index in [1.165, 1.54) is 10.7 Å². The van der Waals surface area contributed by atoms with E-state index in [1.54, 1.807) is 11.1 Å². The quantitative estimate of drug-likeness (QED) is 0.681. The molecule has 3 unspecified atom stereocenters. The molecule has 0 bridgehead atoms. The third-order valence-electron chi connectivity index (χ3n) is 7.25. The summed E-state index contributed by atoms with van der Waals surface area (Å²) in [6, 6.07) is 18.0. The van der Waals surface area contributed by atoms with Crippen LogP contribution < -0.4 is 15.8 Å².